The number of nitrogens with zero attached hydrogens (tertiary/aromatic N) is 3. The third-order valence-electron chi connectivity index (χ3n) is 4.97. The van der Waals surface area contributed by atoms with Crippen molar-refractivity contribution in [2.75, 3.05) is 19.7 Å². The van der Waals surface area contributed by atoms with Gasteiger partial charge in [-0.3, -0.25) is 4.79 Å². The summed E-state index contributed by atoms with van der Waals surface area (Å²) in [6, 6.07) is 9.85. The molecule has 0 N–H and O–H groups in total. The van der Waals surface area contributed by atoms with Crippen LogP contribution in [0.25, 0.3) is 21.5 Å². The topological polar surface area (TPSA) is 55.3 Å². The van der Waals surface area contributed by atoms with Gasteiger partial charge in [-0.25, -0.2) is 9.97 Å². The Hall–Kier alpha value is -2.31. The fourth-order valence-electron chi connectivity index (χ4n) is 3.55. The van der Waals surface area contributed by atoms with Gasteiger partial charge in [-0.1, -0.05) is 12.1 Å². The molecule has 1 saturated heterocycles. The average molecular weight is 382 g/mol. The van der Waals surface area contributed by atoms with Crippen molar-refractivity contribution in [3.8, 4) is 11.3 Å². The lowest BCUT2D eigenvalue weighted by Gasteiger charge is -2.24. The minimum absolute atomic E-state index is 0.0544. The van der Waals surface area contributed by atoms with Crippen LogP contribution in [-0.4, -0.2) is 46.6 Å². The predicted octanol–water partition coefficient (Wildman–Crippen LogP) is 4.31. The van der Waals surface area contributed by atoms with Gasteiger partial charge in [0.05, 0.1) is 11.8 Å². The van der Waals surface area contributed by atoms with Crippen molar-refractivity contribution in [1.82, 2.24) is 14.9 Å². The van der Waals surface area contributed by atoms with Crippen molar-refractivity contribution >= 4 is 27.5 Å². The highest BCUT2D eigenvalue weighted by Crippen LogP contribution is 2.31. The Morgan fingerprint density at radius 1 is 1.30 bits per heavy atom. The minimum atomic E-state index is 0.0544. The van der Waals surface area contributed by atoms with Crippen LogP contribution in [0.4, 0.5) is 0 Å². The number of amides is 1. The van der Waals surface area contributed by atoms with E-state index in [0.717, 1.165) is 40.9 Å². The Bertz CT molecular complexity index is 946. The molecule has 2 aromatic heterocycles. The first kappa shape index (κ1) is 18.1. The molecule has 1 fully saturated rings. The van der Waals surface area contributed by atoms with Crippen LogP contribution in [0, 0.1) is 6.92 Å². The number of hydrogen-bond donors (Lipinski definition) is 0. The lowest BCUT2D eigenvalue weighted by Crippen LogP contribution is -2.37. The van der Waals surface area contributed by atoms with Crippen LogP contribution in [0.3, 0.4) is 0 Å². The van der Waals surface area contributed by atoms with Crippen LogP contribution in [0.5, 0.6) is 0 Å². The summed E-state index contributed by atoms with van der Waals surface area (Å²) in [6.45, 7) is 6.24. The number of aryl methyl sites for hydroxylation is 1. The van der Waals surface area contributed by atoms with E-state index in [0.29, 0.717) is 18.7 Å². The van der Waals surface area contributed by atoms with Gasteiger partial charge >= 0.3 is 0 Å². The van der Waals surface area contributed by atoms with Gasteiger partial charge in [0.15, 0.2) is 0 Å². The normalized spacial score (nSPS) is 16.7. The van der Waals surface area contributed by atoms with Crippen LogP contribution in [-0.2, 0) is 4.74 Å². The fraction of sp³-hybridized carbons (Fsp3) is 0.381. The predicted molar refractivity (Wildman–Crippen MR) is 108 cm³/mol. The van der Waals surface area contributed by atoms with Crippen molar-refractivity contribution in [3.63, 3.8) is 0 Å². The molecule has 27 heavy (non-hydrogen) atoms. The summed E-state index contributed by atoms with van der Waals surface area (Å²) in [5, 5.41) is 1.06. The van der Waals surface area contributed by atoms with E-state index >= 15 is 0 Å². The zero-order valence-corrected chi connectivity index (χ0v) is 16.5. The first-order valence-corrected chi connectivity index (χ1v) is 10.2. The second kappa shape index (κ2) is 7.74. The van der Waals surface area contributed by atoms with Crippen molar-refractivity contribution in [2.24, 2.45) is 0 Å². The number of benzene rings is 1. The van der Waals surface area contributed by atoms with Gasteiger partial charge < -0.3 is 9.64 Å². The Balaban J connectivity index is 1.56. The molecule has 0 aliphatic carbocycles. The third kappa shape index (κ3) is 3.73. The molecular weight excluding hydrogens is 358 g/mol. The molecule has 140 valence electrons. The summed E-state index contributed by atoms with van der Waals surface area (Å²) >= 11 is 1.67. The maximum Gasteiger partial charge on any atom is 0.253 e. The Kier molecular flexibility index (Phi) is 5.18. The zero-order chi connectivity index (χ0) is 18.8. The number of likely N-dealkylation sites (N-methyl/N-ethyl adjacent to an activating group) is 1. The number of carbonyl (C=O) groups excluding carboxylic acids is 1. The Morgan fingerprint density at radius 2 is 2.11 bits per heavy atom. The Morgan fingerprint density at radius 3 is 2.81 bits per heavy atom. The molecule has 1 aliphatic rings. The summed E-state index contributed by atoms with van der Waals surface area (Å²) < 4.78 is 5.68. The van der Waals surface area contributed by atoms with Crippen molar-refractivity contribution in [3.05, 3.63) is 47.1 Å². The molecule has 0 radical (unpaired) electrons. The molecule has 0 spiro atoms. The van der Waals surface area contributed by atoms with E-state index in [4.69, 9.17) is 4.74 Å². The van der Waals surface area contributed by atoms with Crippen molar-refractivity contribution in [1.29, 1.82) is 0 Å². The third-order valence-corrected chi connectivity index (χ3v) is 5.93. The molecule has 1 unspecified atom stereocenters. The summed E-state index contributed by atoms with van der Waals surface area (Å²) in [7, 11) is 0. The lowest BCUT2D eigenvalue weighted by atomic mass is 10.1. The number of aromatic nitrogens is 2. The fourth-order valence-corrected chi connectivity index (χ4v) is 4.40. The molecule has 3 aromatic rings. The van der Waals surface area contributed by atoms with E-state index in [1.807, 2.05) is 36.1 Å². The monoisotopic (exact) mass is 381 g/mol. The molecular formula is C21H23N3O2S. The van der Waals surface area contributed by atoms with E-state index in [2.05, 4.69) is 23.0 Å². The van der Waals surface area contributed by atoms with Gasteiger partial charge in [-0.2, -0.15) is 0 Å². The van der Waals surface area contributed by atoms with Gasteiger partial charge in [0, 0.05) is 41.1 Å². The van der Waals surface area contributed by atoms with Crippen LogP contribution in [0.15, 0.2) is 36.7 Å². The smallest absolute Gasteiger partial charge is 0.253 e. The summed E-state index contributed by atoms with van der Waals surface area (Å²) in [4.78, 5) is 25.8. The van der Waals surface area contributed by atoms with Gasteiger partial charge in [0.1, 0.15) is 11.2 Å². The van der Waals surface area contributed by atoms with Crippen LogP contribution in [0.1, 0.15) is 35.0 Å². The molecule has 1 aliphatic heterocycles. The first-order valence-electron chi connectivity index (χ1n) is 9.38. The number of hydrogen-bond acceptors (Lipinski definition) is 5. The van der Waals surface area contributed by atoms with Crippen LogP contribution < -0.4 is 0 Å². The summed E-state index contributed by atoms with van der Waals surface area (Å²) in [5.74, 6) is 0.0544. The standard InChI is InChI=1S/C21H23N3O2S/c1-3-24(12-17-5-4-10-26-17)21(25)16-8-6-15(7-9-16)19-18-11-14(2)27-20(18)23-13-22-19/h6-9,11,13,17H,3-5,10,12H2,1-2H3. The molecule has 0 bridgehead atoms. The SMILES string of the molecule is CCN(CC1CCCO1)C(=O)c1ccc(-c2ncnc3sc(C)cc23)cc1. The first-order chi connectivity index (χ1) is 13.2. The highest BCUT2D eigenvalue weighted by molar-refractivity contribution is 7.18. The van der Waals surface area contributed by atoms with Crippen molar-refractivity contribution in [2.45, 2.75) is 32.8 Å². The second-order valence-electron chi connectivity index (χ2n) is 6.85. The number of fused-ring (bicyclic) bond motifs is 1. The van der Waals surface area contributed by atoms with E-state index in [9.17, 15) is 4.79 Å². The molecule has 4 rings (SSSR count). The molecule has 1 amide bonds. The molecule has 0 saturated carbocycles. The molecule has 5 nitrogen and oxygen atoms in total. The van der Waals surface area contributed by atoms with Crippen molar-refractivity contribution < 1.29 is 9.53 Å². The summed E-state index contributed by atoms with van der Waals surface area (Å²) in [6.07, 6.45) is 3.89. The lowest BCUT2D eigenvalue weighted by molar-refractivity contribution is 0.0539. The molecule has 3 heterocycles. The second-order valence-corrected chi connectivity index (χ2v) is 8.09. The van der Waals surface area contributed by atoms with E-state index in [-0.39, 0.29) is 12.0 Å². The van der Waals surface area contributed by atoms with Gasteiger partial charge in [0.2, 0.25) is 0 Å². The largest absolute Gasteiger partial charge is 0.376 e. The van der Waals surface area contributed by atoms with Crippen LogP contribution in [0.2, 0.25) is 0 Å². The summed E-state index contributed by atoms with van der Waals surface area (Å²) in [5.41, 5.74) is 2.61. The average Bonchev–Trinajstić information content (AvgIpc) is 3.33. The Labute approximate surface area is 163 Å². The minimum Gasteiger partial charge on any atom is -0.376 e. The number of ether oxygens (including phenoxy) is 1. The van der Waals surface area contributed by atoms with E-state index in [1.54, 1.807) is 17.7 Å². The molecule has 1 aromatic carbocycles. The maximum atomic E-state index is 12.9. The zero-order valence-electron chi connectivity index (χ0n) is 15.6. The quantitative estimate of drug-likeness (QED) is 0.661. The number of carbonyl (C=O) groups is 1. The molecule has 1 atom stereocenters. The van der Waals surface area contributed by atoms with E-state index in [1.165, 1.54) is 4.88 Å². The number of thiophene rings is 1. The van der Waals surface area contributed by atoms with Gasteiger partial charge in [-0.15, -0.1) is 11.3 Å². The van der Waals surface area contributed by atoms with Crippen LogP contribution >= 0.6 is 11.3 Å². The van der Waals surface area contributed by atoms with E-state index < -0.39 is 0 Å². The van der Waals surface area contributed by atoms with Gasteiger partial charge in [-0.05, 0) is 44.9 Å². The highest BCUT2D eigenvalue weighted by atomic mass is 32.1. The maximum absolute atomic E-state index is 12.9. The molecule has 6 heteroatoms. The van der Waals surface area contributed by atoms with Gasteiger partial charge in [0.25, 0.3) is 5.91 Å². The highest BCUT2D eigenvalue weighted by Gasteiger charge is 2.22. The number of rotatable bonds is 5.